The van der Waals surface area contributed by atoms with Gasteiger partial charge >= 0.3 is 0 Å². The van der Waals surface area contributed by atoms with Crippen molar-refractivity contribution in [2.24, 2.45) is 0 Å². The van der Waals surface area contributed by atoms with E-state index in [4.69, 9.17) is 0 Å². The van der Waals surface area contributed by atoms with Crippen LogP contribution in [0, 0.1) is 5.82 Å². The molecular formula is C21H16FN3S. The molecular weight excluding hydrogens is 345 g/mol. The highest BCUT2D eigenvalue weighted by Gasteiger charge is 2.02. The van der Waals surface area contributed by atoms with Crippen LogP contribution in [0.25, 0.3) is 16.8 Å². The molecule has 5 heteroatoms. The van der Waals surface area contributed by atoms with Crippen LogP contribution < -0.4 is 4.72 Å². The summed E-state index contributed by atoms with van der Waals surface area (Å²) in [7, 11) is 0. The minimum Gasteiger partial charge on any atom is -0.326 e. The van der Waals surface area contributed by atoms with E-state index >= 15 is 0 Å². The lowest BCUT2D eigenvalue weighted by atomic mass is 10.1. The Morgan fingerprint density at radius 1 is 0.846 bits per heavy atom. The molecule has 0 unspecified atom stereocenters. The Morgan fingerprint density at radius 2 is 1.65 bits per heavy atom. The van der Waals surface area contributed by atoms with Gasteiger partial charge in [0, 0.05) is 23.0 Å². The average Bonchev–Trinajstić information content (AvgIpc) is 3.22. The van der Waals surface area contributed by atoms with Crippen LogP contribution in [0.15, 0.2) is 96.2 Å². The zero-order chi connectivity index (χ0) is 17.8. The number of rotatable bonds is 5. The van der Waals surface area contributed by atoms with Crippen molar-refractivity contribution in [3.05, 3.63) is 97.1 Å². The van der Waals surface area contributed by atoms with Gasteiger partial charge in [0.1, 0.15) is 5.82 Å². The monoisotopic (exact) mass is 361 g/mol. The number of benzene rings is 3. The lowest BCUT2D eigenvalue weighted by Gasteiger charge is -2.08. The molecule has 4 rings (SSSR count). The van der Waals surface area contributed by atoms with E-state index in [1.54, 1.807) is 30.3 Å². The Morgan fingerprint density at radius 3 is 2.38 bits per heavy atom. The maximum Gasteiger partial charge on any atom is 0.123 e. The molecule has 0 fully saturated rings. The summed E-state index contributed by atoms with van der Waals surface area (Å²) in [4.78, 5) is 1.09. The summed E-state index contributed by atoms with van der Waals surface area (Å²) in [5.41, 5.74) is 4.09. The molecule has 1 N–H and O–H groups in total. The van der Waals surface area contributed by atoms with Crippen molar-refractivity contribution in [3.8, 4) is 16.8 Å². The van der Waals surface area contributed by atoms with Crippen molar-refractivity contribution in [2.75, 3.05) is 4.72 Å². The van der Waals surface area contributed by atoms with Crippen LogP contribution in [-0.4, -0.2) is 9.78 Å². The van der Waals surface area contributed by atoms with E-state index in [0.29, 0.717) is 0 Å². The molecule has 0 radical (unpaired) electrons. The van der Waals surface area contributed by atoms with E-state index in [-0.39, 0.29) is 5.82 Å². The van der Waals surface area contributed by atoms with Gasteiger partial charge in [-0.15, -0.1) is 0 Å². The van der Waals surface area contributed by atoms with Gasteiger partial charge in [-0.1, -0.05) is 24.3 Å². The Bertz CT molecular complexity index is 981. The fraction of sp³-hybridized carbons (Fsp3) is 0. The molecule has 3 aromatic carbocycles. The second kappa shape index (κ2) is 7.45. The van der Waals surface area contributed by atoms with Crippen LogP contribution in [0.4, 0.5) is 10.1 Å². The van der Waals surface area contributed by atoms with E-state index in [1.165, 1.54) is 12.1 Å². The number of aromatic nitrogens is 2. The number of nitrogens with one attached hydrogen (secondary N) is 1. The Kier molecular flexibility index (Phi) is 4.71. The summed E-state index contributed by atoms with van der Waals surface area (Å²) in [6.45, 7) is 0. The molecule has 0 spiro atoms. The standard InChI is InChI=1S/C21H16FN3S/c22-18-7-5-16(6-8-18)17-3-1-4-21(15-17)26-24-19-9-11-20(12-10-19)25-14-2-13-23-25/h1-15,24H. The fourth-order valence-corrected chi connectivity index (χ4v) is 3.31. The highest BCUT2D eigenvalue weighted by Crippen LogP contribution is 2.27. The molecule has 0 aliphatic carbocycles. The van der Waals surface area contributed by atoms with E-state index < -0.39 is 0 Å². The van der Waals surface area contributed by atoms with E-state index in [0.717, 1.165) is 27.4 Å². The summed E-state index contributed by atoms with van der Waals surface area (Å²) in [6.07, 6.45) is 3.67. The maximum atomic E-state index is 13.1. The minimum atomic E-state index is -0.223. The molecule has 0 bridgehead atoms. The van der Waals surface area contributed by atoms with Gasteiger partial charge in [0.25, 0.3) is 0 Å². The zero-order valence-electron chi connectivity index (χ0n) is 13.8. The first-order chi connectivity index (χ1) is 12.8. The van der Waals surface area contributed by atoms with E-state index in [9.17, 15) is 4.39 Å². The van der Waals surface area contributed by atoms with Crippen LogP contribution in [0.5, 0.6) is 0 Å². The number of hydrogen-bond acceptors (Lipinski definition) is 3. The molecule has 3 nitrogen and oxygen atoms in total. The van der Waals surface area contributed by atoms with Gasteiger partial charge in [-0.2, -0.15) is 5.10 Å². The van der Waals surface area contributed by atoms with Crippen molar-refractivity contribution in [3.63, 3.8) is 0 Å². The summed E-state index contributed by atoms with van der Waals surface area (Å²) >= 11 is 1.54. The SMILES string of the molecule is Fc1ccc(-c2cccc(SNc3ccc(-n4cccn4)cc3)c2)cc1. The smallest absolute Gasteiger partial charge is 0.123 e. The number of hydrogen-bond donors (Lipinski definition) is 1. The van der Waals surface area contributed by atoms with Crippen LogP contribution in [0.2, 0.25) is 0 Å². The van der Waals surface area contributed by atoms with Crippen molar-refractivity contribution in [1.29, 1.82) is 0 Å². The Hall–Kier alpha value is -3.05. The highest BCUT2D eigenvalue weighted by atomic mass is 32.2. The third-order valence-corrected chi connectivity index (χ3v) is 4.76. The predicted octanol–water partition coefficient (Wildman–Crippen LogP) is 5.80. The van der Waals surface area contributed by atoms with Crippen molar-refractivity contribution in [1.82, 2.24) is 9.78 Å². The summed E-state index contributed by atoms with van der Waals surface area (Å²) in [5, 5.41) is 4.22. The molecule has 0 amide bonds. The van der Waals surface area contributed by atoms with Crippen LogP contribution in [-0.2, 0) is 0 Å². The molecule has 0 saturated carbocycles. The molecule has 26 heavy (non-hydrogen) atoms. The maximum absolute atomic E-state index is 13.1. The first-order valence-corrected chi connectivity index (χ1v) is 8.98. The van der Waals surface area contributed by atoms with Gasteiger partial charge in [0.05, 0.1) is 5.69 Å². The summed E-state index contributed by atoms with van der Waals surface area (Å²) in [5.74, 6) is -0.223. The van der Waals surface area contributed by atoms with Crippen molar-refractivity contribution in [2.45, 2.75) is 4.90 Å². The number of halogens is 1. The van der Waals surface area contributed by atoms with Crippen molar-refractivity contribution < 1.29 is 4.39 Å². The highest BCUT2D eigenvalue weighted by molar-refractivity contribution is 8.00. The van der Waals surface area contributed by atoms with Gasteiger partial charge in [-0.05, 0) is 77.7 Å². The first-order valence-electron chi connectivity index (χ1n) is 8.17. The summed E-state index contributed by atoms with van der Waals surface area (Å²) < 4.78 is 18.3. The van der Waals surface area contributed by atoms with Crippen LogP contribution >= 0.6 is 11.9 Å². The normalized spacial score (nSPS) is 10.7. The molecule has 0 aliphatic heterocycles. The van der Waals surface area contributed by atoms with E-state index in [1.807, 2.05) is 59.4 Å². The second-order valence-corrected chi connectivity index (χ2v) is 6.62. The largest absolute Gasteiger partial charge is 0.326 e. The van der Waals surface area contributed by atoms with E-state index in [2.05, 4.69) is 15.9 Å². The fourth-order valence-electron chi connectivity index (χ4n) is 2.60. The second-order valence-electron chi connectivity index (χ2n) is 5.74. The molecule has 128 valence electrons. The first kappa shape index (κ1) is 16.4. The van der Waals surface area contributed by atoms with Crippen LogP contribution in [0.1, 0.15) is 0 Å². The van der Waals surface area contributed by atoms with Gasteiger partial charge in [0.2, 0.25) is 0 Å². The molecule has 4 aromatic rings. The van der Waals surface area contributed by atoms with Gasteiger partial charge in [-0.25, -0.2) is 9.07 Å². The van der Waals surface area contributed by atoms with Crippen molar-refractivity contribution >= 4 is 17.6 Å². The topological polar surface area (TPSA) is 29.9 Å². The molecule has 1 heterocycles. The molecule has 0 saturated heterocycles. The predicted molar refractivity (Wildman–Crippen MR) is 105 cm³/mol. The van der Waals surface area contributed by atoms with Gasteiger partial charge in [0.15, 0.2) is 0 Å². The molecule has 1 aromatic heterocycles. The zero-order valence-corrected chi connectivity index (χ0v) is 14.7. The quantitative estimate of drug-likeness (QED) is 0.456. The number of anilines is 1. The summed E-state index contributed by atoms with van der Waals surface area (Å²) in [6, 6.07) is 24.7. The van der Waals surface area contributed by atoms with Gasteiger partial charge in [-0.3, -0.25) is 0 Å². The Labute approximate surface area is 155 Å². The Balaban J connectivity index is 1.45. The number of nitrogens with zero attached hydrogens (tertiary/aromatic N) is 2. The molecule has 0 aliphatic rings. The minimum absolute atomic E-state index is 0.223. The lowest BCUT2D eigenvalue weighted by Crippen LogP contribution is -1.94. The lowest BCUT2D eigenvalue weighted by molar-refractivity contribution is 0.628. The third-order valence-electron chi connectivity index (χ3n) is 3.93. The molecule has 0 atom stereocenters. The van der Waals surface area contributed by atoms with Gasteiger partial charge < -0.3 is 4.72 Å². The third kappa shape index (κ3) is 3.78. The average molecular weight is 361 g/mol. The van der Waals surface area contributed by atoms with Crippen LogP contribution in [0.3, 0.4) is 0 Å².